The number of nitrogens with zero attached hydrogens (tertiary/aromatic N) is 2. The number of carbonyl (C=O) groups is 1. The summed E-state index contributed by atoms with van der Waals surface area (Å²) < 4.78 is 37.0. The van der Waals surface area contributed by atoms with E-state index in [1.807, 2.05) is 0 Å². The molecule has 1 aromatic carbocycles. The van der Waals surface area contributed by atoms with Crippen LogP contribution in [-0.4, -0.2) is 51.6 Å². The van der Waals surface area contributed by atoms with Crippen molar-refractivity contribution >= 4 is 19.5 Å². The topological polar surface area (TPSA) is 164 Å². The third-order valence-electron chi connectivity index (χ3n) is 5.24. The summed E-state index contributed by atoms with van der Waals surface area (Å²) in [6, 6.07) is 8.70. The first-order valence-corrected chi connectivity index (χ1v) is 12.7. The lowest BCUT2D eigenvalue weighted by Gasteiger charge is -2.25. The third-order valence-corrected chi connectivity index (χ3v) is 6.89. The predicted molar refractivity (Wildman–Crippen MR) is 126 cm³/mol. The van der Waals surface area contributed by atoms with E-state index in [4.69, 9.17) is 24.3 Å². The zero-order valence-corrected chi connectivity index (χ0v) is 20.8. The van der Waals surface area contributed by atoms with Crippen LogP contribution in [-0.2, 0) is 23.4 Å². The molecule has 0 spiro atoms. The number of rotatable bonds is 10. The van der Waals surface area contributed by atoms with Crippen molar-refractivity contribution in [2.45, 2.75) is 58.3 Å². The lowest BCUT2D eigenvalue weighted by molar-refractivity contribution is -0.149. The summed E-state index contributed by atoms with van der Waals surface area (Å²) in [6.07, 6.45) is -1.80. The van der Waals surface area contributed by atoms with Crippen molar-refractivity contribution in [2.75, 3.05) is 12.3 Å². The lowest BCUT2D eigenvalue weighted by atomic mass is 10.0. The van der Waals surface area contributed by atoms with Crippen LogP contribution in [0, 0.1) is 5.92 Å². The molecule has 0 radical (unpaired) electrons. The zero-order chi connectivity index (χ0) is 25.8. The number of nitrogens with one attached hydrogen (secondary N) is 1. The number of hydrogen-bond acceptors (Lipinski definition) is 10. The Hall–Kier alpha value is -2.76. The van der Waals surface area contributed by atoms with Crippen molar-refractivity contribution in [3.63, 3.8) is 0 Å². The molecule has 3 rings (SSSR count). The number of aliphatic hydroxyl groups is 1. The maximum Gasteiger partial charge on any atom is 0.459 e. The van der Waals surface area contributed by atoms with Crippen molar-refractivity contribution < 1.29 is 33.0 Å². The minimum atomic E-state index is -4.14. The van der Waals surface area contributed by atoms with Gasteiger partial charge in [0, 0.05) is 12.1 Å². The molecule has 1 aliphatic rings. The Kier molecular flexibility index (Phi) is 8.68. The number of para-hydroxylation sites is 1. The number of aliphatic hydroxyl groups excluding tert-OH is 1. The van der Waals surface area contributed by atoms with E-state index in [0.717, 1.165) is 0 Å². The number of ether oxygens (including phenoxy) is 2. The van der Waals surface area contributed by atoms with Gasteiger partial charge in [-0.15, -0.1) is 0 Å². The molecule has 1 saturated heterocycles. The second kappa shape index (κ2) is 11.3. The van der Waals surface area contributed by atoms with Crippen LogP contribution >= 0.6 is 7.75 Å². The summed E-state index contributed by atoms with van der Waals surface area (Å²) in [7, 11) is -4.14. The summed E-state index contributed by atoms with van der Waals surface area (Å²) in [6.45, 7) is 6.19. The van der Waals surface area contributed by atoms with E-state index in [0.29, 0.717) is 0 Å². The molecule has 0 saturated carbocycles. The number of benzene rings is 1. The minimum absolute atomic E-state index is 0.0625. The largest absolute Gasteiger partial charge is 0.462 e. The molecule has 6 atom stereocenters. The van der Waals surface area contributed by atoms with Gasteiger partial charge < -0.3 is 24.8 Å². The first-order valence-electron chi connectivity index (χ1n) is 11.1. The Morgan fingerprint density at radius 2 is 1.97 bits per heavy atom. The average molecular weight is 510 g/mol. The molecule has 1 aromatic heterocycles. The summed E-state index contributed by atoms with van der Waals surface area (Å²) in [4.78, 5) is 28.2. The fourth-order valence-electron chi connectivity index (χ4n) is 3.47. The van der Waals surface area contributed by atoms with Crippen LogP contribution in [0.1, 0.15) is 33.9 Å². The Morgan fingerprint density at radius 3 is 2.60 bits per heavy atom. The van der Waals surface area contributed by atoms with Crippen molar-refractivity contribution in [1.29, 1.82) is 0 Å². The maximum absolute atomic E-state index is 13.6. The standard InChI is InChI=1S/C22H31N4O8P/c1-13(2)32-21(28)15(4)25-35(30,34-16-8-6-5-7-9-16)31-12-17-19(27)14(3)20(33-17)26-11-10-18(23)24-22(26)29/h5-11,13-15,17,19-20,27H,12H2,1-4H3,(H,25,30)(H2,23,24,29)/t14-,15+,17+,19-,20?,35?/m0/s1. The smallest absolute Gasteiger partial charge is 0.459 e. The van der Waals surface area contributed by atoms with Crippen LogP contribution in [0.25, 0.3) is 0 Å². The summed E-state index contributed by atoms with van der Waals surface area (Å²) in [5.41, 5.74) is 4.91. The van der Waals surface area contributed by atoms with E-state index >= 15 is 0 Å². The van der Waals surface area contributed by atoms with E-state index in [1.165, 1.54) is 23.8 Å². The molecule has 2 unspecified atom stereocenters. The minimum Gasteiger partial charge on any atom is -0.462 e. The lowest BCUT2D eigenvalue weighted by Crippen LogP contribution is -2.37. The Bertz CT molecular complexity index is 1110. The fraction of sp³-hybridized carbons (Fsp3) is 0.500. The highest BCUT2D eigenvalue weighted by molar-refractivity contribution is 7.52. The highest BCUT2D eigenvalue weighted by Gasteiger charge is 2.44. The monoisotopic (exact) mass is 510 g/mol. The molecule has 1 fully saturated rings. The van der Waals surface area contributed by atoms with Crippen LogP contribution in [0.4, 0.5) is 5.82 Å². The Balaban J connectivity index is 1.75. The molecule has 4 N–H and O–H groups in total. The number of nitrogen functional groups attached to an aromatic ring is 1. The number of carbonyl (C=O) groups excluding carboxylic acids is 1. The second-order valence-corrected chi connectivity index (χ2v) is 10.2. The molecule has 1 aliphatic heterocycles. The normalized spacial score (nSPS) is 24.6. The van der Waals surface area contributed by atoms with Gasteiger partial charge >= 0.3 is 19.4 Å². The van der Waals surface area contributed by atoms with Gasteiger partial charge in [0.25, 0.3) is 0 Å². The summed E-state index contributed by atoms with van der Waals surface area (Å²) in [5, 5.41) is 13.3. The van der Waals surface area contributed by atoms with Gasteiger partial charge in [-0.2, -0.15) is 10.1 Å². The molecule has 2 aromatic rings. The Morgan fingerprint density at radius 1 is 1.29 bits per heavy atom. The average Bonchev–Trinajstić information content (AvgIpc) is 3.06. The highest BCUT2D eigenvalue weighted by Crippen LogP contribution is 2.46. The van der Waals surface area contributed by atoms with Gasteiger partial charge in [0.2, 0.25) is 0 Å². The van der Waals surface area contributed by atoms with Gasteiger partial charge in [-0.25, -0.2) is 9.36 Å². The molecule has 0 bridgehead atoms. The van der Waals surface area contributed by atoms with E-state index < -0.39 is 49.8 Å². The van der Waals surface area contributed by atoms with Gasteiger partial charge in [-0.1, -0.05) is 25.1 Å². The molecule has 35 heavy (non-hydrogen) atoms. The molecule has 2 heterocycles. The molecule has 0 aliphatic carbocycles. The third kappa shape index (κ3) is 6.89. The van der Waals surface area contributed by atoms with Crippen LogP contribution in [0.5, 0.6) is 5.75 Å². The number of anilines is 1. The molecular formula is C22H31N4O8P. The van der Waals surface area contributed by atoms with Gasteiger partial charge in [-0.3, -0.25) is 13.9 Å². The van der Waals surface area contributed by atoms with Gasteiger partial charge in [0.05, 0.1) is 18.8 Å². The Labute approximate surface area is 202 Å². The van der Waals surface area contributed by atoms with E-state index in [1.54, 1.807) is 51.1 Å². The summed E-state index contributed by atoms with van der Waals surface area (Å²) >= 11 is 0. The van der Waals surface area contributed by atoms with Crippen LogP contribution in [0.2, 0.25) is 0 Å². The van der Waals surface area contributed by atoms with Gasteiger partial charge in [-0.05, 0) is 39.0 Å². The number of aromatic nitrogens is 2. The zero-order valence-electron chi connectivity index (χ0n) is 19.9. The highest BCUT2D eigenvalue weighted by atomic mass is 31.2. The summed E-state index contributed by atoms with van der Waals surface area (Å²) in [5.74, 6) is -0.852. The number of esters is 1. The molecule has 12 nitrogen and oxygen atoms in total. The molecule has 0 amide bonds. The van der Waals surface area contributed by atoms with E-state index in [9.17, 15) is 19.3 Å². The van der Waals surface area contributed by atoms with Crippen LogP contribution in [0.3, 0.4) is 0 Å². The molecule has 13 heteroatoms. The molecule has 192 valence electrons. The van der Waals surface area contributed by atoms with Crippen molar-refractivity contribution in [2.24, 2.45) is 5.92 Å². The van der Waals surface area contributed by atoms with Crippen LogP contribution < -0.4 is 21.0 Å². The molecular weight excluding hydrogens is 479 g/mol. The second-order valence-electron chi connectivity index (χ2n) is 8.49. The number of hydrogen-bond donors (Lipinski definition) is 3. The first-order chi connectivity index (χ1) is 16.5. The number of nitrogens with two attached hydrogens (primary N) is 1. The van der Waals surface area contributed by atoms with E-state index in [-0.39, 0.29) is 24.3 Å². The maximum atomic E-state index is 13.6. The van der Waals surface area contributed by atoms with Gasteiger partial charge in [0.1, 0.15) is 29.9 Å². The van der Waals surface area contributed by atoms with Crippen LogP contribution in [0.15, 0.2) is 47.4 Å². The van der Waals surface area contributed by atoms with E-state index in [2.05, 4.69) is 10.1 Å². The van der Waals surface area contributed by atoms with Crippen molar-refractivity contribution in [3.05, 3.63) is 53.1 Å². The fourth-order valence-corrected chi connectivity index (χ4v) is 4.98. The quantitative estimate of drug-likeness (QED) is 0.316. The van der Waals surface area contributed by atoms with Crippen molar-refractivity contribution in [3.8, 4) is 5.75 Å². The SMILES string of the molecule is CC(C)OC(=O)[C@@H](C)NP(=O)(OC[C@H]1OC(n2ccc(N)nc2=O)[C@@H](C)[C@@H]1O)Oc1ccccc1. The van der Waals surface area contributed by atoms with Gasteiger partial charge in [0.15, 0.2) is 0 Å². The first kappa shape index (κ1) is 26.8. The predicted octanol–water partition coefficient (Wildman–Crippen LogP) is 1.85. The van der Waals surface area contributed by atoms with Crippen molar-refractivity contribution in [1.82, 2.24) is 14.6 Å².